The van der Waals surface area contributed by atoms with Crippen LogP contribution in [0.1, 0.15) is 42.3 Å². The first kappa shape index (κ1) is 18.9. The van der Waals surface area contributed by atoms with Crippen molar-refractivity contribution < 1.29 is 9.21 Å². The second-order valence-corrected chi connectivity index (χ2v) is 8.10. The lowest BCUT2D eigenvalue weighted by Gasteiger charge is -2.19. The highest BCUT2D eigenvalue weighted by molar-refractivity contribution is 6.05. The summed E-state index contributed by atoms with van der Waals surface area (Å²) >= 11 is 0. The van der Waals surface area contributed by atoms with Crippen molar-refractivity contribution in [3.8, 4) is 11.5 Å². The number of fused-ring (bicyclic) bond motifs is 1. The number of hydrogen-bond donors (Lipinski definition) is 1. The first-order valence-electron chi connectivity index (χ1n) is 9.56. The third kappa shape index (κ3) is 3.76. The first-order chi connectivity index (χ1) is 13.8. The molecule has 0 saturated heterocycles. The van der Waals surface area contributed by atoms with Crippen LogP contribution in [-0.2, 0) is 5.41 Å². The van der Waals surface area contributed by atoms with Crippen molar-refractivity contribution in [2.75, 3.05) is 5.32 Å². The fourth-order valence-corrected chi connectivity index (χ4v) is 3.20. The van der Waals surface area contributed by atoms with E-state index in [2.05, 4.69) is 36.1 Å². The number of carbonyl (C=O) groups is 1. The third-order valence-electron chi connectivity index (χ3n) is 4.99. The maximum Gasteiger partial charge on any atom is 0.255 e. The molecule has 1 amide bonds. The Labute approximate surface area is 169 Å². The lowest BCUT2D eigenvalue weighted by molar-refractivity contribution is 0.102. The van der Waals surface area contributed by atoms with Gasteiger partial charge in [0, 0.05) is 23.0 Å². The summed E-state index contributed by atoms with van der Waals surface area (Å²) in [6.07, 6.45) is 1.68. The molecule has 0 aliphatic heterocycles. The van der Waals surface area contributed by atoms with Crippen LogP contribution in [0.5, 0.6) is 0 Å². The number of pyridine rings is 1. The average molecular weight is 385 g/mol. The summed E-state index contributed by atoms with van der Waals surface area (Å²) in [4.78, 5) is 21.4. The Bertz CT molecular complexity index is 1150. The van der Waals surface area contributed by atoms with E-state index in [4.69, 9.17) is 4.42 Å². The van der Waals surface area contributed by atoms with Crippen molar-refractivity contribution in [3.63, 3.8) is 0 Å². The zero-order chi connectivity index (χ0) is 20.6. The van der Waals surface area contributed by atoms with E-state index in [1.54, 1.807) is 6.20 Å². The van der Waals surface area contributed by atoms with E-state index >= 15 is 0 Å². The third-order valence-corrected chi connectivity index (χ3v) is 4.99. The number of oxazole rings is 1. The largest absolute Gasteiger partial charge is 0.434 e. The van der Waals surface area contributed by atoms with Gasteiger partial charge in [0.1, 0.15) is 0 Å². The summed E-state index contributed by atoms with van der Waals surface area (Å²) in [5, 5.41) is 3.00. The van der Waals surface area contributed by atoms with Gasteiger partial charge in [-0.15, -0.1) is 0 Å². The first-order valence-corrected chi connectivity index (χ1v) is 9.56. The number of benzene rings is 2. The minimum Gasteiger partial charge on any atom is -0.434 e. The number of aromatic nitrogens is 2. The van der Waals surface area contributed by atoms with Crippen molar-refractivity contribution in [1.29, 1.82) is 0 Å². The van der Waals surface area contributed by atoms with Gasteiger partial charge in [-0.3, -0.25) is 4.79 Å². The molecule has 1 N–H and O–H groups in total. The smallest absolute Gasteiger partial charge is 0.255 e. The van der Waals surface area contributed by atoms with Crippen molar-refractivity contribution in [3.05, 3.63) is 77.5 Å². The number of nitrogens with zero attached hydrogens (tertiary/aromatic N) is 2. The number of hydrogen-bond acceptors (Lipinski definition) is 4. The number of carbonyl (C=O) groups excluding carboxylic acids is 1. The van der Waals surface area contributed by atoms with Gasteiger partial charge in [0.05, 0.1) is 0 Å². The summed E-state index contributed by atoms with van der Waals surface area (Å²) in [5.41, 5.74) is 5.50. The molecule has 0 fully saturated rings. The summed E-state index contributed by atoms with van der Waals surface area (Å²) in [5.74, 6) is 0.340. The van der Waals surface area contributed by atoms with E-state index in [1.165, 1.54) is 5.56 Å². The molecule has 0 aliphatic carbocycles. The highest BCUT2D eigenvalue weighted by atomic mass is 16.3. The van der Waals surface area contributed by atoms with Crippen molar-refractivity contribution in [1.82, 2.24) is 9.97 Å². The minimum atomic E-state index is -0.148. The highest BCUT2D eigenvalue weighted by Crippen LogP contribution is 2.30. The molecule has 0 spiro atoms. The monoisotopic (exact) mass is 385 g/mol. The highest BCUT2D eigenvalue weighted by Gasteiger charge is 2.17. The van der Waals surface area contributed by atoms with Gasteiger partial charge in [0.25, 0.3) is 5.91 Å². The normalized spacial score (nSPS) is 11.6. The number of nitrogens with one attached hydrogen (secondary N) is 1. The fourth-order valence-electron chi connectivity index (χ4n) is 3.20. The van der Waals surface area contributed by atoms with E-state index < -0.39 is 0 Å². The molecule has 0 radical (unpaired) electrons. The van der Waals surface area contributed by atoms with Gasteiger partial charge in [0.2, 0.25) is 5.89 Å². The predicted octanol–water partition coefficient (Wildman–Crippen LogP) is 5.75. The van der Waals surface area contributed by atoms with Crippen LogP contribution in [0.25, 0.3) is 22.7 Å². The molecule has 0 bridgehead atoms. The molecule has 4 aromatic rings. The Hall–Kier alpha value is -3.47. The molecule has 0 unspecified atom stereocenters. The predicted molar refractivity (Wildman–Crippen MR) is 115 cm³/mol. The van der Waals surface area contributed by atoms with Gasteiger partial charge in [-0.25, -0.2) is 4.98 Å². The molecule has 5 heteroatoms. The molecular formula is C24H23N3O2. The van der Waals surface area contributed by atoms with E-state index in [1.807, 2.05) is 61.5 Å². The SMILES string of the molecule is Cc1c(NC(=O)c2ccc(C(C)(C)C)cc2)cccc1-c1nc2ncccc2o1. The molecular weight excluding hydrogens is 362 g/mol. The molecule has 0 aliphatic rings. The van der Waals surface area contributed by atoms with E-state index in [-0.39, 0.29) is 11.3 Å². The number of anilines is 1. The molecule has 29 heavy (non-hydrogen) atoms. The van der Waals surface area contributed by atoms with Crippen LogP contribution in [0.3, 0.4) is 0 Å². The zero-order valence-electron chi connectivity index (χ0n) is 17.0. The lowest BCUT2D eigenvalue weighted by Crippen LogP contribution is -2.15. The average Bonchev–Trinajstić information content (AvgIpc) is 3.13. The second kappa shape index (κ2) is 7.17. The fraction of sp³-hybridized carbons (Fsp3) is 0.208. The summed E-state index contributed by atoms with van der Waals surface area (Å²) in [6.45, 7) is 8.39. The van der Waals surface area contributed by atoms with Gasteiger partial charge in [-0.05, 0) is 59.9 Å². The number of amides is 1. The molecule has 5 nitrogen and oxygen atoms in total. The maximum absolute atomic E-state index is 12.8. The Morgan fingerprint density at radius 1 is 1.00 bits per heavy atom. The van der Waals surface area contributed by atoms with Gasteiger partial charge in [0.15, 0.2) is 11.2 Å². The molecule has 146 valence electrons. The zero-order valence-corrected chi connectivity index (χ0v) is 17.0. The quantitative estimate of drug-likeness (QED) is 0.488. The molecule has 2 aromatic heterocycles. The molecule has 0 atom stereocenters. The Balaban J connectivity index is 1.61. The van der Waals surface area contributed by atoms with Gasteiger partial charge < -0.3 is 9.73 Å². The summed E-state index contributed by atoms with van der Waals surface area (Å²) < 4.78 is 5.84. The molecule has 2 heterocycles. The van der Waals surface area contributed by atoms with Crippen molar-refractivity contribution in [2.24, 2.45) is 0 Å². The lowest BCUT2D eigenvalue weighted by atomic mass is 9.86. The van der Waals surface area contributed by atoms with Crippen LogP contribution in [-0.4, -0.2) is 15.9 Å². The molecule has 2 aromatic carbocycles. The Kier molecular flexibility index (Phi) is 4.66. The van der Waals surface area contributed by atoms with Crippen molar-refractivity contribution >= 4 is 22.8 Å². The van der Waals surface area contributed by atoms with Gasteiger partial charge in [-0.2, -0.15) is 4.98 Å². The second-order valence-electron chi connectivity index (χ2n) is 8.10. The van der Waals surface area contributed by atoms with Crippen LogP contribution in [0.4, 0.5) is 5.69 Å². The molecule has 4 rings (SSSR count). The Morgan fingerprint density at radius 2 is 1.76 bits per heavy atom. The molecule has 0 saturated carbocycles. The van der Waals surface area contributed by atoms with Crippen LogP contribution in [0.15, 0.2) is 65.2 Å². The minimum absolute atomic E-state index is 0.0500. The van der Waals surface area contributed by atoms with Crippen LogP contribution < -0.4 is 5.32 Å². The Morgan fingerprint density at radius 3 is 2.45 bits per heavy atom. The van der Waals surface area contributed by atoms with E-state index in [0.717, 1.165) is 16.8 Å². The maximum atomic E-state index is 12.8. The van der Waals surface area contributed by atoms with E-state index in [0.29, 0.717) is 22.7 Å². The van der Waals surface area contributed by atoms with Gasteiger partial charge in [-0.1, -0.05) is 39.0 Å². The van der Waals surface area contributed by atoms with Crippen LogP contribution in [0.2, 0.25) is 0 Å². The van der Waals surface area contributed by atoms with Crippen molar-refractivity contribution in [2.45, 2.75) is 33.1 Å². The number of rotatable bonds is 3. The van der Waals surface area contributed by atoms with Crippen LogP contribution in [0, 0.1) is 6.92 Å². The summed E-state index contributed by atoms with van der Waals surface area (Å²) in [6, 6.07) is 17.1. The van der Waals surface area contributed by atoms with Crippen LogP contribution >= 0.6 is 0 Å². The summed E-state index contributed by atoms with van der Waals surface area (Å²) in [7, 11) is 0. The van der Waals surface area contributed by atoms with Gasteiger partial charge >= 0.3 is 0 Å². The topological polar surface area (TPSA) is 68.0 Å². The van der Waals surface area contributed by atoms with E-state index in [9.17, 15) is 4.79 Å². The standard InChI is InChI=1S/C24H23N3O2/c1-15-18(23-27-21-20(29-23)9-6-14-25-21)7-5-8-19(15)26-22(28)16-10-12-17(13-11-16)24(2,3)4/h5-14H,1-4H3,(H,26,28).